The first-order valence-electron chi connectivity index (χ1n) is 14.6. The van der Waals surface area contributed by atoms with Crippen molar-refractivity contribution < 1.29 is 0 Å². The first-order valence-corrected chi connectivity index (χ1v) is 15.4. The standard InChI is InChI=1S/C41H25NS/c1-2-10-31-30(9-1)32-11-3-4-13-34(32)36-23-22-28(25-38(36)35-14-6-5-12-33(31)35)26-18-20-27(21-19-26)29-15-7-16-37-40-39(43-41(29)37)17-8-24-42-40/h1-25H. The molecule has 0 atom stereocenters. The van der Waals surface area contributed by atoms with E-state index in [-0.39, 0.29) is 0 Å². The zero-order chi connectivity index (χ0) is 28.3. The lowest BCUT2D eigenvalue weighted by Crippen LogP contribution is -1.97. The zero-order valence-electron chi connectivity index (χ0n) is 23.3. The summed E-state index contributed by atoms with van der Waals surface area (Å²) in [5, 5.41) is 1.23. The second kappa shape index (κ2) is 9.62. The third kappa shape index (κ3) is 3.81. The molecule has 0 bridgehead atoms. The van der Waals surface area contributed by atoms with Crippen LogP contribution in [-0.2, 0) is 0 Å². The van der Waals surface area contributed by atoms with Gasteiger partial charge < -0.3 is 0 Å². The molecule has 8 aromatic rings. The normalized spacial score (nSPS) is 11.7. The number of nitrogens with zero attached hydrogens (tertiary/aromatic N) is 1. The summed E-state index contributed by atoms with van der Waals surface area (Å²) >= 11 is 1.82. The molecule has 0 saturated heterocycles. The Labute approximate surface area is 254 Å². The molecule has 2 heterocycles. The van der Waals surface area contributed by atoms with Gasteiger partial charge in [-0.25, -0.2) is 0 Å². The highest BCUT2D eigenvalue weighted by Gasteiger charge is 2.21. The maximum absolute atomic E-state index is 4.66. The summed E-state index contributed by atoms with van der Waals surface area (Å²) in [6.45, 7) is 0. The van der Waals surface area contributed by atoms with Crippen molar-refractivity contribution in [1.82, 2.24) is 4.98 Å². The van der Waals surface area contributed by atoms with E-state index in [1.165, 1.54) is 81.5 Å². The van der Waals surface area contributed by atoms with Gasteiger partial charge in [-0.05, 0) is 85.0 Å². The van der Waals surface area contributed by atoms with E-state index in [2.05, 4.69) is 145 Å². The Balaban J connectivity index is 1.19. The quantitative estimate of drug-likeness (QED) is 0.204. The summed E-state index contributed by atoms with van der Waals surface area (Å²) in [4.78, 5) is 4.66. The van der Waals surface area contributed by atoms with E-state index in [1.54, 1.807) is 0 Å². The highest BCUT2D eigenvalue weighted by atomic mass is 32.1. The molecule has 43 heavy (non-hydrogen) atoms. The van der Waals surface area contributed by atoms with E-state index in [1.807, 2.05) is 23.6 Å². The molecule has 0 aliphatic heterocycles. The van der Waals surface area contributed by atoms with Gasteiger partial charge >= 0.3 is 0 Å². The Morgan fingerprint density at radius 1 is 0.372 bits per heavy atom. The minimum absolute atomic E-state index is 1.09. The predicted octanol–water partition coefficient (Wildman–Crippen LogP) is 11.8. The number of benzene rings is 6. The molecule has 1 aliphatic carbocycles. The molecule has 0 unspecified atom stereocenters. The van der Waals surface area contributed by atoms with Crippen molar-refractivity contribution in [1.29, 1.82) is 0 Å². The van der Waals surface area contributed by atoms with Crippen LogP contribution in [0.3, 0.4) is 0 Å². The van der Waals surface area contributed by atoms with Gasteiger partial charge in [-0.3, -0.25) is 4.98 Å². The lowest BCUT2D eigenvalue weighted by Gasteiger charge is -2.23. The molecule has 0 amide bonds. The van der Waals surface area contributed by atoms with Crippen molar-refractivity contribution in [2.24, 2.45) is 0 Å². The van der Waals surface area contributed by atoms with Crippen molar-refractivity contribution >= 4 is 31.6 Å². The number of aromatic nitrogens is 1. The van der Waals surface area contributed by atoms with Crippen LogP contribution in [0.5, 0.6) is 0 Å². The van der Waals surface area contributed by atoms with Crippen LogP contribution in [0.2, 0.25) is 0 Å². The molecule has 6 aromatic carbocycles. The van der Waals surface area contributed by atoms with Crippen LogP contribution in [0.1, 0.15) is 0 Å². The second-order valence-corrected chi connectivity index (χ2v) is 12.2. The summed E-state index contributed by atoms with van der Waals surface area (Å²) < 4.78 is 2.52. The molecule has 0 spiro atoms. The molecule has 0 fully saturated rings. The van der Waals surface area contributed by atoms with Crippen LogP contribution in [0.4, 0.5) is 0 Å². The molecule has 0 N–H and O–H groups in total. The lowest BCUT2D eigenvalue weighted by atomic mass is 9.80. The van der Waals surface area contributed by atoms with Gasteiger partial charge in [0.2, 0.25) is 0 Å². The number of fused-ring (bicyclic) bond motifs is 11. The van der Waals surface area contributed by atoms with Crippen LogP contribution in [0, 0.1) is 0 Å². The summed E-state index contributed by atoms with van der Waals surface area (Å²) in [7, 11) is 0. The van der Waals surface area contributed by atoms with E-state index in [0.29, 0.717) is 0 Å². The van der Waals surface area contributed by atoms with Gasteiger partial charge in [0, 0.05) is 16.3 Å². The molecule has 0 radical (unpaired) electrons. The molecule has 2 heteroatoms. The minimum Gasteiger partial charge on any atom is -0.255 e. The van der Waals surface area contributed by atoms with Gasteiger partial charge in [-0.1, -0.05) is 127 Å². The Bertz CT molecular complexity index is 2340. The number of hydrogen-bond acceptors (Lipinski definition) is 2. The highest BCUT2D eigenvalue weighted by Crippen LogP contribution is 2.48. The number of thiophene rings is 1. The fourth-order valence-electron chi connectivity index (χ4n) is 6.73. The Morgan fingerprint density at radius 3 is 1.51 bits per heavy atom. The van der Waals surface area contributed by atoms with Crippen molar-refractivity contribution in [3.8, 4) is 66.8 Å². The van der Waals surface area contributed by atoms with Gasteiger partial charge in [0.15, 0.2) is 0 Å². The van der Waals surface area contributed by atoms with Crippen LogP contribution in [0.15, 0.2) is 152 Å². The fraction of sp³-hybridized carbons (Fsp3) is 0. The Kier molecular flexibility index (Phi) is 5.44. The fourth-order valence-corrected chi connectivity index (χ4v) is 7.92. The Morgan fingerprint density at radius 2 is 0.884 bits per heavy atom. The van der Waals surface area contributed by atoms with Crippen LogP contribution in [-0.4, -0.2) is 4.98 Å². The molecule has 1 nitrogen and oxygen atoms in total. The maximum Gasteiger partial charge on any atom is 0.0888 e. The monoisotopic (exact) mass is 563 g/mol. The van der Waals surface area contributed by atoms with E-state index >= 15 is 0 Å². The minimum atomic E-state index is 1.09. The summed E-state index contributed by atoms with van der Waals surface area (Å²) in [5.41, 5.74) is 16.2. The molecule has 200 valence electrons. The Hall–Kier alpha value is -5.31. The highest BCUT2D eigenvalue weighted by molar-refractivity contribution is 7.26. The van der Waals surface area contributed by atoms with Gasteiger partial charge in [-0.15, -0.1) is 11.3 Å². The van der Waals surface area contributed by atoms with Gasteiger partial charge in [0.1, 0.15) is 0 Å². The van der Waals surface area contributed by atoms with Crippen LogP contribution < -0.4 is 0 Å². The predicted molar refractivity (Wildman–Crippen MR) is 183 cm³/mol. The average molecular weight is 564 g/mol. The summed E-state index contributed by atoms with van der Waals surface area (Å²) in [5.74, 6) is 0. The van der Waals surface area contributed by atoms with Crippen molar-refractivity contribution in [3.05, 3.63) is 152 Å². The summed E-state index contributed by atoms with van der Waals surface area (Å²) in [6, 6.07) is 53.2. The first-order chi connectivity index (χ1) is 21.3. The first kappa shape index (κ1) is 24.3. The van der Waals surface area contributed by atoms with Gasteiger partial charge in [0.25, 0.3) is 0 Å². The van der Waals surface area contributed by atoms with Gasteiger partial charge in [-0.2, -0.15) is 0 Å². The topological polar surface area (TPSA) is 12.9 Å². The largest absolute Gasteiger partial charge is 0.255 e. The van der Waals surface area contributed by atoms with Crippen molar-refractivity contribution in [3.63, 3.8) is 0 Å². The SMILES string of the molecule is c1ccc2c(c1)-c1ccccc1-c1ccc(-c3ccc(-c4cccc5c4sc4cccnc45)cc3)cc1-c1ccccc1-2. The lowest BCUT2D eigenvalue weighted by molar-refractivity contribution is 1.44. The van der Waals surface area contributed by atoms with E-state index in [9.17, 15) is 0 Å². The third-order valence-electron chi connectivity index (χ3n) is 8.74. The average Bonchev–Trinajstić information content (AvgIpc) is 3.47. The molecule has 2 aromatic heterocycles. The van der Waals surface area contributed by atoms with Gasteiger partial charge in [0.05, 0.1) is 10.2 Å². The van der Waals surface area contributed by atoms with E-state index in [4.69, 9.17) is 0 Å². The summed E-state index contributed by atoms with van der Waals surface area (Å²) in [6.07, 6.45) is 1.88. The third-order valence-corrected chi connectivity index (χ3v) is 9.94. The zero-order valence-corrected chi connectivity index (χ0v) is 24.1. The van der Waals surface area contributed by atoms with Crippen LogP contribution >= 0.6 is 11.3 Å². The number of rotatable bonds is 2. The molecule has 1 aliphatic rings. The van der Waals surface area contributed by atoms with Crippen molar-refractivity contribution in [2.75, 3.05) is 0 Å². The molecule has 9 rings (SSSR count). The second-order valence-electron chi connectivity index (χ2n) is 11.1. The number of hydrogen-bond donors (Lipinski definition) is 0. The van der Waals surface area contributed by atoms with Crippen molar-refractivity contribution in [2.45, 2.75) is 0 Å². The molecular formula is C41H25NS. The van der Waals surface area contributed by atoms with Crippen LogP contribution in [0.25, 0.3) is 87.1 Å². The number of pyridine rings is 1. The maximum atomic E-state index is 4.66. The smallest absolute Gasteiger partial charge is 0.0888 e. The van der Waals surface area contributed by atoms with E-state index < -0.39 is 0 Å². The molecule has 0 saturated carbocycles. The molecular weight excluding hydrogens is 539 g/mol. The van der Waals surface area contributed by atoms with E-state index in [0.717, 1.165) is 5.52 Å².